The van der Waals surface area contributed by atoms with Crippen LogP contribution in [0.15, 0.2) is 48.5 Å². The molecule has 0 atom stereocenters. The Bertz CT molecular complexity index is 2010. The van der Waals surface area contributed by atoms with Crippen molar-refractivity contribution in [2.75, 3.05) is 73.6 Å². The Morgan fingerprint density at radius 3 is 1.38 bits per heavy atom. The minimum Gasteiger partial charge on any atom is -0.460 e. The van der Waals surface area contributed by atoms with Crippen molar-refractivity contribution in [1.29, 1.82) is 0 Å². The summed E-state index contributed by atoms with van der Waals surface area (Å²) in [5.74, 6) is -1.79. The first kappa shape index (κ1) is 40.0. The number of carbonyl (C=O) groups excluding carboxylic acids is 4. The Hall–Kier alpha value is -4.68. The Balaban J connectivity index is 1.36. The van der Waals surface area contributed by atoms with Gasteiger partial charge in [0, 0.05) is 42.7 Å². The van der Waals surface area contributed by atoms with Gasteiger partial charge in [0.05, 0.1) is 50.8 Å². The van der Waals surface area contributed by atoms with Crippen LogP contribution in [0.25, 0.3) is 43.1 Å². The molecule has 0 bridgehead atoms. The molecule has 0 fully saturated rings. The summed E-state index contributed by atoms with van der Waals surface area (Å²) in [7, 11) is 3.16. The van der Waals surface area contributed by atoms with Crippen LogP contribution in [0.1, 0.15) is 99.7 Å². The van der Waals surface area contributed by atoms with Crippen LogP contribution in [-0.2, 0) is 28.4 Å². The number of benzene rings is 5. The third-order valence-electron chi connectivity index (χ3n) is 10.3. The summed E-state index contributed by atoms with van der Waals surface area (Å²) in [4.78, 5) is 56.7. The number of rotatable bonds is 23. The Labute approximate surface area is 321 Å². The number of esters is 2. The fourth-order valence-electron chi connectivity index (χ4n) is 7.61. The molecule has 11 heteroatoms. The van der Waals surface area contributed by atoms with E-state index in [1.165, 1.54) is 37.0 Å². The van der Waals surface area contributed by atoms with Gasteiger partial charge >= 0.3 is 11.9 Å². The van der Waals surface area contributed by atoms with Gasteiger partial charge in [-0.25, -0.2) is 9.59 Å². The van der Waals surface area contributed by atoms with E-state index in [0.29, 0.717) is 60.3 Å². The Morgan fingerprint density at radius 2 is 0.909 bits per heavy atom. The van der Waals surface area contributed by atoms with Crippen LogP contribution in [0.3, 0.4) is 0 Å². The van der Waals surface area contributed by atoms with Crippen LogP contribution in [0, 0.1) is 0 Å². The minimum atomic E-state index is -0.611. The SMILES string of the molecule is CCCCCCCCCCN1C(=O)c2ccc3c4ccc(C(=O)OCCOCCOC)c5c(C(=O)OCCOCCOC)ccc(c6ccc(c2c36)C1=O)c54. The number of hydrogen-bond donors (Lipinski definition) is 0. The number of amides is 2. The molecule has 1 aliphatic rings. The van der Waals surface area contributed by atoms with Crippen molar-refractivity contribution in [2.45, 2.75) is 58.3 Å². The molecule has 5 aromatic carbocycles. The fourth-order valence-corrected chi connectivity index (χ4v) is 7.61. The number of imide groups is 1. The molecular weight excluding hydrogens is 702 g/mol. The summed E-state index contributed by atoms with van der Waals surface area (Å²) in [6.45, 7) is 4.55. The molecule has 0 unspecified atom stereocenters. The van der Waals surface area contributed by atoms with E-state index in [1.807, 2.05) is 24.3 Å². The third kappa shape index (κ3) is 8.60. The highest BCUT2D eigenvalue weighted by Crippen LogP contribution is 2.45. The monoisotopic (exact) mass is 753 g/mol. The van der Waals surface area contributed by atoms with E-state index in [2.05, 4.69) is 6.92 Å². The molecule has 0 aromatic heterocycles. The van der Waals surface area contributed by atoms with Crippen molar-refractivity contribution in [1.82, 2.24) is 4.90 Å². The lowest BCUT2D eigenvalue weighted by molar-refractivity contribution is 0.0214. The van der Waals surface area contributed by atoms with E-state index < -0.39 is 11.9 Å². The van der Waals surface area contributed by atoms with Crippen LogP contribution in [0.4, 0.5) is 0 Å². The highest BCUT2D eigenvalue weighted by molar-refractivity contribution is 6.39. The highest BCUT2D eigenvalue weighted by Gasteiger charge is 2.34. The lowest BCUT2D eigenvalue weighted by Crippen LogP contribution is -2.40. The summed E-state index contributed by atoms with van der Waals surface area (Å²) in [5, 5.41) is 5.63. The first-order chi connectivity index (χ1) is 26.9. The van der Waals surface area contributed by atoms with Crippen LogP contribution in [0.5, 0.6) is 0 Å². The maximum absolute atomic E-state index is 13.9. The summed E-state index contributed by atoms with van der Waals surface area (Å²) in [5.41, 5.74) is 1.40. The molecule has 0 spiro atoms. The quantitative estimate of drug-likeness (QED) is 0.0212. The number of methoxy groups -OCH3 is 2. The van der Waals surface area contributed by atoms with Gasteiger partial charge in [-0.15, -0.1) is 0 Å². The molecular formula is C44H51NO10. The van der Waals surface area contributed by atoms with Crippen molar-refractivity contribution in [3.05, 3.63) is 70.8 Å². The van der Waals surface area contributed by atoms with Crippen molar-refractivity contribution in [2.24, 2.45) is 0 Å². The van der Waals surface area contributed by atoms with E-state index in [1.54, 1.807) is 38.5 Å². The molecule has 0 aliphatic carbocycles. The number of carbonyl (C=O) groups is 4. The smallest absolute Gasteiger partial charge is 0.338 e. The van der Waals surface area contributed by atoms with Crippen LogP contribution in [0.2, 0.25) is 0 Å². The largest absolute Gasteiger partial charge is 0.460 e. The molecule has 1 heterocycles. The van der Waals surface area contributed by atoms with Crippen molar-refractivity contribution in [3.8, 4) is 0 Å². The van der Waals surface area contributed by atoms with E-state index in [0.717, 1.165) is 46.2 Å². The van der Waals surface area contributed by atoms with Gasteiger partial charge in [0.25, 0.3) is 11.8 Å². The molecule has 2 amide bonds. The van der Waals surface area contributed by atoms with Gasteiger partial charge in [0.2, 0.25) is 0 Å². The van der Waals surface area contributed by atoms with Crippen molar-refractivity contribution < 1.29 is 47.6 Å². The van der Waals surface area contributed by atoms with Gasteiger partial charge in [-0.1, -0.05) is 76.1 Å². The van der Waals surface area contributed by atoms with E-state index >= 15 is 0 Å². The van der Waals surface area contributed by atoms with Gasteiger partial charge in [0.15, 0.2) is 0 Å². The third-order valence-corrected chi connectivity index (χ3v) is 10.3. The summed E-state index contributed by atoms with van der Waals surface area (Å²) in [6, 6.07) is 14.4. The second-order valence-electron chi connectivity index (χ2n) is 13.9. The summed E-state index contributed by atoms with van der Waals surface area (Å²) >= 11 is 0. The van der Waals surface area contributed by atoms with Gasteiger partial charge in [-0.2, -0.15) is 0 Å². The molecule has 11 nitrogen and oxygen atoms in total. The second kappa shape index (κ2) is 19.3. The molecule has 1 aliphatic heterocycles. The van der Waals surface area contributed by atoms with Crippen molar-refractivity contribution >= 4 is 66.8 Å². The topological polar surface area (TPSA) is 127 Å². The molecule has 5 aromatic rings. The number of hydrogen-bond acceptors (Lipinski definition) is 10. The Kier molecular flexibility index (Phi) is 14.0. The molecule has 0 N–H and O–H groups in total. The number of fused-ring (bicyclic) bond motifs is 2. The van der Waals surface area contributed by atoms with E-state index in [-0.39, 0.29) is 49.4 Å². The maximum atomic E-state index is 13.9. The zero-order valence-corrected chi connectivity index (χ0v) is 32.2. The molecule has 6 rings (SSSR count). The molecule has 0 saturated carbocycles. The molecule has 292 valence electrons. The zero-order chi connectivity index (χ0) is 38.7. The highest BCUT2D eigenvalue weighted by atomic mass is 16.6. The average Bonchev–Trinajstić information content (AvgIpc) is 3.20. The van der Waals surface area contributed by atoms with Crippen LogP contribution in [-0.4, -0.2) is 102 Å². The van der Waals surface area contributed by atoms with E-state index in [4.69, 9.17) is 28.4 Å². The lowest BCUT2D eigenvalue weighted by Gasteiger charge is -2.28. The predicted molar refractivity (Wildman–Crippen MR) is 212 cm³/mol. The molecule has 0 saturated heterocycles. The van der Waals surface area contributed by atoms with Gasteiger partial charge in [0.1, 0.15) is 13.2 Å². The fraction of sp³-hybridized carbons (Fsp3) is 0.455. The van der Waals surface area contributed by atoms with Crippen LogP contribution >= 0.6 is 0 Å². The minimum absolute atomic E-state index is 0.00981. The first-order valence-corrected chi connectivity index (χ1v) is 19.5. The van der Waals surface area contributed by atoms with Gasteiger partial charge < -0.3 is 28.4 Å². The van der Waals surface area contributed by atoms with Gasteiger partial charge in [-0.3, -0.25) is 14.5 Å². The Morgan fingerprint density at radius 1 is 0.491 bits per heavy atom. The van der Waals surface area contributed by atoms with Crippen molar-refractivity contribution in [3.63, 3.8) is 0 Å². The van der Waals surface area contributed by atoms with Gasteiger partial charge in [-0.05, 0) is 63.0 Å². The molecule has 55 heavy (non-hydrogen) atoms. The zero-order valence-electron chi connectivity index (χ0n) is 32.2. The predicted octanol–water partition coefficient (Wildman–Crippen LogP) is 8.11. The standard InChI is InChI=1S/C44H51NO10/c1-4-5-6-7-8-9-10-11-20-45-41(46)33-16-12-29-31-14-18-35(43(48)54-27-25-52-23-21-50-2)40-36(44(49)55-28-26-53-24-22-51-3)19-15-32(38(31)40)30-13-17-34(42(45)47)39(33)37(29)30/h12-19H,4-11,20-28H2,1-3H3. The lowest BCUT2D eigenvalue weighted by atomic mass is 9.83. The van der Waals surface area contributed by atoms with E-state index in [9.17, 15) is 19.2 Å². The average molecular weight is 754 g/mol. The molecule has 0 radical (unpaired) electrons. The first-order valence-electron chi connectivity index (χ1n) is 19.5. The number of ether oxygens (including phenoxy) is 6. The summed E-state index contributed by atoms with van der Waals surface area (Å²) in [6.07, 6.45) is 8.95. The number of unbranched alkanes of at least 4 members (excludes halogenated alkanes) is 7. The maximum Gasteiger partial charge on any atom is 0.338 e. The van der Waals surface area contributed by atoms with Crippen LogP contribution < -0.4 is 0 Å². The second-order valence-corrected chi connectivity index (χ2v) is 13.9. The summed E-state index contributed by atoms with van der Waals surface area (Å²) < 4.78 is 32.2. The number of nitrogens with zero attached hydrogens (tertiary/aromatic N) is 1. The normalized spacial score (nSPS) is 12.9.